The van der Waals surface area contributed by atoms with Gasteiger partial charge in [-0.3, -0.25) is 0 Å². The van der Waals surface area contributed by atoms with E-state index in [1.165, 1.54) is 45.1 Å². The molecular formula is C13H24ClN. The minimum atomic E-state index is 0. The summed E-state index contributed by atoms with van der Waals surface area (Å²) in [5.41, 5.74) is 0.596. The summed E-state index contributed by atoms with van der Waals surface area (Å²) >= 11 is 0. The largest absolute Gasteiger partial charge is 0.311 e. The molecule has 0 aliphatic heterocycles. The van der Waals surface area contributed by atoms with Gasteiger partial charge >= 0.3 is 0 Å². The lowest BCUT2D eigenvalue weighted by molar-refractivity contribution is -0.0428. The van der Waals surface area contributed by atoms with Crippen molar-refractivity contribution in [1.82, 2.24) is 5.32 Å². The molecule has 0 spiro atoms. The first kappa shape index (κ1) is 11.7. The number of hydrogen-bond acceptors (Lipinski definition) is 1. The summed E-state index contributed by atoms with van der Waals surface area (Å²) in [5.74, 6) is 3.21. The van der Waals surface area contributed by atoms with Crippen molar-refractivity contribution in [3.8, 4) is 0 Å². The van der Waals surface area contributed by atoms with E-state index in [1.54, 1.807) is 6.42 Å². The van der Waals surface area contributed by atoms with Crippen LogP contribution in [0.4, 0.5) is 0 Å². The smallest absolute Gasteiger partial charge is 0.0214 e. The summed E-state index contributed by atoms with van der Waals surface area (Å²) in [6, 6.07) is 0. The van der Waals surface area contributed by atoms with E-state index in [2.05, 4.69) is 12.2 Å². The van der Waals surface area contributed by atoms with E-state index in [0.29, 0.717) is 5.54 Å². The molecule has 0 aromatic rings. The topological polar surface area (TPSA) is 12.0 Å². The molecule has 0 radical (unpaired) electrons. The number of fused-ring (bicyclic) bond motifs is 1. The highest BCUT2D eigenvalue weighted by Crippen LogP contribution is 2.56. The Morgan fingerprint density at radius 1 is 1.27 bits per heavy atom. The number of rotatable bonds is 2. The van der Waals surface area contributed by atoms with Gasteiger partial charge in [0.2, 0.25) is 0 Å². The first-order chi connectivity index (χ1) is 6.84. The molecule has 0 aromatic heterocycles. The van der Waals surface area contributed by atoms with Crippen LogP contribution in [0.25, 0.3) is 0 Å². The van der Waals surface area contributed by atoms with Crippen LogP contribution in [0, 0.1) is 17.8 Å². The molecule has 4 saturated carbocycles. The second kappa shape index (κ2) is 4.25. The average Bonchev–Trinajstić information content (AvgIpc) is 2.18. The van der Waals surface area contributed by atoms with Gasteiger partial charge in [-0.15, -0.1) is 12.4 Å². The molecule has 88 valence electrons. The van der Waals surface area contributed by atoms with Crippen molar-refractivity contribution >= 4 is 12.4 Å². The quantitative estimate of drug-likeness (QED) is 0.766. The summed E-state index contributed by atoms with van der Waals surface area (Å²) in [5, 5.41) is 3.86. The Hall–Kier alpha value is 0.250. The summed E-state index contributed by atoms with van der Waals surface area (Å²) in [4.78, 5) is 0. The first-order valence-electron chi connectivity index (χ1n) is 6.59. The Bertz CT molecular complexity index is 227. The van der Waals surface area contributed by atoms with Crippen molar-refractivity contribution in [3.05, 3.63) is 0 Å². The number of halogens is 1. The molecule has 0 unspecified atom stereocenters. The Labute approximate surface area is 99.8 Å². The van der Waals surface area contributed by atoms with Crippen LogP contribution in [0.5, 0.6) is 0 Å². The zero-order valence-corrected chi connectivity index (χ0v) is 10.6. The van der Waals surface area contributed by atoms with Gasteiger partial charge in [0.05, 0.1) is 0 Å². The van der Waals surface area contributed by atoms with Crippen molar-refractivity contribution in [1.29, 1.82) is 0 Å². The molecule has 0 heterocycles. The molecule has 15 heavy (non-hydrogen) atoms. The molecule has 4 fully saturated rings. The van der Waals surface area contributed by atoms with E-state index in [0.717, 1.165) is 17.8 Å². The van der Waals surface area contributed by atoms with Gasteiger partial charge in [-0.05, 0) is 50.0 Å². The molecule has 4 atom stereocenters. The molecule has 4 aliphatic carbocycles. The molecule has 1 nitrogen and oxygen atoms in total. The molecule has 2 heteroatoms. The summed E-state index contributed by atoms with van der Waals surface area (Å²) in [6.07, 6.45) is 10.6. The molecule has 1 N–H and O–H groups in total. The van der Waals surface area contributed by atoms with E-state index < -0.39 is 0 Å². The minimum absolute atomic E-state index is 0. The molecular weight excluding hydrogens is 206 g/mol. The van der Waals surface area contributed by atoms with Gasteiger partial charge in [0.25, 0.3) is 0 Å². The van der Waals surface area contributed by atoms with Gasteiger partial charge in [0, 0.05) is 5.54 Å². The lowest BCUT2D eigenvalue weighted by Crippen LogP contribution is -2.61. The van der Waals surface area contributed by atoms with Crippen LogP contribution in [0.3, 0.4) is 0 Å². The van der Waals surface area contributed by atoms with Crippen LogP contribution >= 0.6 is 12.4 Å². The molecule has 0 saturated heterocycles. The summed E-state index contributed by atoms with van der Waals surface area (Å²) in [6.45, 7) is 3.45. The van der Waals surface area contributed by atoms with Gasteiger partial charge < -0.3 is 5.32 Å². The first-order valence-corrected chi connectivity index (χ1v) is 6.59. The maximum Gasteiger partial charge on any atom is 0.0214 e. The maximum absolute atomic E-state index is 3.86. The second-order valence-corrected chi connectivity index (χ2v) is 5.83. The third-order valence-corrected chi connectivity index (χ3v) is 5.18. The minimum Gasteiger partial charge on any atom is -0.311 e. The lowest BCUT2D eigenvalue weighted by atomic mass is 9.51. The second-order valence-electron chi connectivity index (χ2n) is 5.83. The highest BCUT2D eigenvalue weighted by molar-refractivity contribution is 5.85. The monoisotopic (exact) mass is 229 g/mol. The van der Waals surface area contributed by atoms with Crippen molar-refractivity contribution in [2.45, 2.75) is 57.4 Å². The van der Waals surface area contributed by atoms with Gasteiger partial charge in [0.1, 0.15) is 0 Å². The normalized spacial score (nSPS) is 47.4. The van der Waals surface area contributed by atoms with Crippen LogP contribution < -0.4 is 5.32 Å². The highest BCUT2D eigenvalue weighted by atomic mass is 35.5. The van der Waals surface area contributed by atoms with Crippen molar-refractivity contribution < 1.29 is 0 Å². The third kappa shape index (κ3) is 1.72. The fraction of sp³-hybridized carbons (Fsp3) is 1.00. The number of nitrogens with one attached hydrogen (secondary N) is 1. The van der Waals surface area contributed by atoms with Crippen LogP contribution in [0.15, 0.2) is 0 Å². The van der Waals surface area contributed by atoms with Gasteiger partial charge in [-0.2, -0.15) is 0 Å². The number of hydrogen-bond donors (Lipinski definition) is 1. The molecule has 4 rings (SSSR count). The summed E-state index contributed by atoms with van der Waals surface area (Å²) in [7, 11) is 0. The molecule has 0 amide bonds. The average molecular weight is 230 g/mol. The van der Waals surface area contributed by atoms with Gasteiger partial charge in [-0.1, -0.05) is 26.2 Å². The highest BCUT2D eigenvalue weighted by Gasteiger charge is 2.52. The van der Waals surface area contributed by atoms with E-state index in [-0.39, 0.29) is 12.4 Å². The summed E-state index contributed by atoms with van der Waals surface area (Å²) < 4.78 is 0. The molecule has 4 bridgehead atoms. The van der Waals surface area contributed by atoms with Crippen LogP contribution in [-0.4, -0.2) is 12.1 Å². The zero-order valence-electron chi connectivity index (χ0n) is 9.80. The fourth-order valence-electron chi connectivity index (χ4n) is 4.87. The van der Waals surface area contributed by atoms with Crippen molar-refractivity contribution in [2.24, 2.45) is 17.8 Å². The Balaban J connectivity index is 0.000000853. The molecule has 4 aliphatic rings. The van der Waals surface area contributed by atoms with Gasteiger partial charge in [0.15, 0.2) is 0 Å². The Kier molecular flexibility index (Phi) is 3.33. The third-order valence-electron chi connectivity index (χ3n) is 5.18. The zero-order chi connectivity index (χ0) is 9.60. The predicted molar refractivity (Wildman–Crippen MR) is 66.4 cm³/mol. The van der Waals surface area contributed by atoms with E-state index >= 15 is 0 Å². The van der Waals surface area contributed by atoms with Crippen molar-refractivity contribution in [3.63, 3.8) is 0 Å². The Morgan fingerprint density at radius 2 is 2.13 bits per heavy atom. The molecule has 0 aromatic carbocycles. The van der Waals surface area contributed by atoms with Crippen LogP contribution in [0.2, 0.25) is 0 Å². The lowest BCUT2D eigenvalue weighted by Gasteiger charge is -2.59. The standard InChI is InChI=1S/C13H23N.ClH/c1-2-14-13-7-3-4-11-8-10(9-13)5-6-12(11)13;/h10-12,14H,2-9H2,1H3;1H/t10-,11-,12-,13+;/m1./s1. The predicted octanol–water partition coefficient (Wildman–Crippen LogP) is 3.38. The fourth-order valence-corrected chi connectivity index (χ4v) is 4.87. The van der Waals surface area contributed by atoms with Crippen LogP contribution in [0.1, 0.15) is 51.9 Å². The van der Waals surface area contributed by atoms with E-state index in [1.807, 2.05) is 0 Å². The van der Waals surface area contributed by atoms with Crippen molar-refractivity contribution in [2.75, 3.05) is 6.54 Å². The maximum atomic E-state index is 3.86. The van der Waals surface area contributed by atoms with E-state index in [4.69, 9.17) is 0 Å². The van der Waals surface area contributed by atoms with E-state index in [9.17, 15) is 0 Å². The SMILES string of the molecule is CCN[C@]12CCC[C@@H]3C[C@@H](CC[C@H]31)C2.Cl. The van der Waals surface area contributed by atoms with Gasteiger partial charge in [-0.25, -0.2) is 0 Å². The Morgan fingerprint density at radius 3 is 2.87 bits per heavy atom. The van der Waals surface area contributed by atoms with Crippen LogP contribution in [-0.2, 0) is 0 Å².